The van der Waals surface area contributed by atoms with Crippen LogP contribution in [0.4, 0.5) is 5.69 Å². The first-order chi connectivity index (χ1) is 14.3. The largest absolute Gasteiger partial charge is 0.493 e. The Morgan fingerprint density at radius 2 is 1.80 bits per heavy atom. The third-order valence-corrected chi connectivity index (χ3v) is 6.10. The molecule has 0 aromatic heterocycles. The molecule has 0 aliphatic carbocycles. The number of unbranched alkanes of at least 4 members (excludes halogenated alkanes) is 1. The summed E-state index contributed by atoms with van der Waals surface area (Å²) in [7, 11) is 1.00. The van der Waals surface area contributed by atoms with Crippen molar-refractivity contribution in [1.29, 1.82) is 0 Å². The number of methoxy groups -OCH3 is 1. The number of hydrogen-bond acceptors (Lipinski definition) is 5. The summed E-state index contributed by atoms with van der Waals surface area (Å²) in [4.78, 5) is 12.4. The number of nitrogens with one attached hydrogen (secondary N) is 1. The van der Waals surface area contributed by atoms with Crippen molar-refractivity contribution in [3.8, 4) is 11.5 Å². The van der Waals surface area contributed by atoms with E-state index in [1.54, 1.807) is 31.4 Å². The normalized spacial score (nSPS) is 11.6. The molecular weight excluding hydrogens is 404 g/mol. The van der Waals surface area contributed by atoms with Gasteiger partial charge in [-0.15, -0.1) is 0 Å². The van der Waals surface area contributed by atoms with Crippen LogP contribution in [-0.4, -0.2) is 46.4 Å². The molecule has 8 heteroatoms. The van der Waals surface area contributed by atoms with Gasteiger partial charge in [-0.1, -0.05) is 19.4 Å². The second-order valence-corrected chi connectivity index (χ2v) is 8.90. The van der Waals surface area contributed by atoms with Gasteiger partial charge in [-0.3, -0.25) is 4.79 Å². The van der Waals surface area contributed by atoms with Crippen LogP contribution < -0.4 is 14.8 Å². The summed E-state index contributed by atoms with van der Waals surface area (Å²) in [6.07, 6.45) is 5.08. The number of carbonyl (C=O) groups excluding carboxylic acids is 1. The number of hydrogen-bond donors (Lipinski definition) is 1. The van der Waals surface area contributed by atoms with Gasteiger partial charge >= 0.3 is 0 Å². The fourth-order valence-corrected chi connectivity index (χ4v) is 3.41. The highest BCUT2D eigenvalue weighted by molar-refractivity contribution is 7.89. The van der Waals surface area contributed by atoms with E-state index in [-0.39, 0.29) is 10.8 Å². The van der Waals surface area contributed by atoms with Crippen LogP contribution in [0.15, 0.2) is 53.4 Å². The summed E-state index contributed by atoms with van der Waals surface area (Å²) in [5.74, 6) is 0.937. The number of anilines is 1. The maximum atomic E-state index is 12.2. The molecule has 0 spiro atoms. The highest BCUT2D eigenvalue weighted by Crippen LogP contribution is 2.28. The minimum absolute atomic E-state index is 0.161. The van der Waals surface area contributed by atoms with Gasteiger partial charge in [-0.25, -0.2) is 12.7 Å². The van der Waals surface area contributed by atoms with Gasteiger partial charge in [-0.05, 0) is 54.5 Å². The molecule has 2 rings (SSSR count). The van der Waals surface area contributed by atoms with Crippen LogP contribution in [0.5, 0.6) is 11.5 Å². The summed E-state index contributed by atoms with van der Waals surface area (Å²) < 4.78 is 36.4. The molecule has 0 unspecified atom stereocenters. The number of amides is 1. The summed E-state index contributed by atoms with van der Waals surface area (Å²) >= 11 is 0. The van der Waals surface area contributed by atoms with Gasteiger partial charge in [-0.2, -0.15) is 0 Å². The Balaban J connectivity index is 2.02. The molecule has 0 radical (unpaired) electrons. The van der Waals surface area contributed by atoms with E-state index in [0.29, 0.717) is 23.8 Å². The lowest BCUT2D eigenvalue weighted by Crippen LogP contribution is -2.22. The Morgan fingerprint density at radius 3 is 2.40 bits per heavy atom. The average molecular weight is 433 g/mol. The molecule has 0 saturated heterocycles. The zero-order valence-electron chi connectivity index (χ0n) is 17.7. The van der Waals surface area contributed by atoms with Crippen molar-refractivity contribution < 1.29 is 22.7 Å². The first-order valence-corrected chi connectivity index (χ1v) is 11.0. The molecule has 0 aliphatic heterocycles. The summed E-state index contributed by atoms with van der Waals surface area (Å²) in [5.41, 5.74) is 1.29. The SMILES string of the molecule is CCCCOc1ccc(/C=C/C(=O)Nc2ccc(S(=O)(=O)N(C)C)cc2)cc1OC. The molecule has 7 nitrogen and oxygen atoms in total. The molecule has 0 fully saturated rings. The van der Waals surface area contributed by atoms with Gasteiger partial charge in [0.1, 0.15) is 0 Å². The second kappa shape index (κ2) is 10.8. The third-order valence-electron chi connectivity index (χ3n) is 4.27. The Labute approximate surface area is 178 Å². The molecule has 1 N–H and O–H groups in total. The van der Waals surface area contributed by atoms with Crippen molar-refractivity contribution in [2.45, 2.75) is 24.7 Å². The standard InChI is InChI=1S/C22H28N2O5S/c1-5-6-15-29-20-13-7-17(16-21(20)28-4)8-14-22(25)23-18-9-11-19(12-10-18)30(26,27)24(2)3/h7-14,16H,5-6,15H2,1-4H3,(H,23,25)/b14-8+. The maximum Gasteiger partial charge on any atom is 0.248 e. The number of sulfonamides is 1. The Morgan fingerprint density at radius 1 is 1.10 bits per heavy atom. The first-order valence-electron chi connectivity index (χ1n) is 9.60. The van der Waals surface area contributed by atoms with Crippen LogP contribution in [0.3, 0.4) is 0 Å². The minimum atomic E-state index is -3.50. The fraction of sp³-hybridized carbons (Fsp3) is 0.318. The third kappa shape index (κ3) is 6.33. The number of benzene rings is 2. The molecule has 2 aromatic rings. The van der Waals surface area contributed by atoms with Crippen molar-refractivity contribution in [3.05, 3.63) is 54.1 Å². The van der Waals surface area contributed by atoms with Gasteiger partial charge in [0.15, 0.2) is 11.5 Å². The van der Waals surface area contributed by atoms with Crippen LogP contribution in [-0.2, 0) is 14.8 Å². The van der Waals surface area contributed by atoms with Crippen LogP contribution in [0.2, 0.25) is 0 Å². The molecule has 0 bridgehead atoms. The quantitative estimate of drug-likeness (QED) is 0.456. The van der Waals surface area contributed by atoms with E-state index < -0.39 is 10.0 Å². The van der Waals surface area contributed by atoms with E-state index in [2.05, 4.69) is 12.2 Å². The summed E-state index contributed by atoms with van der Waals surface area (Å²) in [6, 6.07) is 11.5. The van der Waals surface area contributed by atoms with E-state index in [1.807, 2.05) is 12.1 Å². The minimum Gasteiger partial charge on any atom is -0.493 e. The van der Waals surface area contributed by atoms with Crippen LogP contribution in [0.1, 0.15) is 25.3 Å². The van der Waals surface area contributed by atoms with Crippen molar-refractivity contribution in [2.75, 3.05) is 33.1 Å². The molecule has 0 atom stereocenters. The topological polar surface area (TPSA) is 84.9 Å². The summed E-state index contributed by atoms with van der Waals surface area (Å²) in [6.45, 7) is 2.72. The maximum absolute atomic E-state index is 12.2. The Bertz CT molecular complexity index is 983. The number of ether oxygens (including phenoxy) is 2. The number of carbonyl (C=O) groups is 1. The lowest BCUT2D eigenvalue weighted by molar-refractivity contribution is -0.111. The molecule has 0 heterocycles. The summed E-state index contributed by atoms with van der Waals surface area (Å²) in [5, 5.41) is 2.70. The highest BCUT2D eigenvalue weighted by Gasteiger charge is 2.16. The van der Waals surface area contributed by atoms with E-state index in [4.69, 9.17) is 9.47 Å². The van der Waals surface area contributed by atoms with Crippen molar-refractivity contribution in [3.63, 3.8) is 0 Å². The van der Waals surface area contributed by atoms with Crippen molar-refractivity contribution in [1.82, 2.24) is 4.31 Å². The van der Waals surface area contributed by atoms with Crippen LogP contribution >= 0.6 is 0 Å². The average Bonchev–Trinajstić information content (AvgIpc) is 2.73. The molecular formula is C22H28N2O5S. The van der Waals surface area contributed by atoms with Gasteiger partial charge < -0.3 is 14.8 Å². The monoisotopic (exact) mass is 432 g/mol. The van der Waals surface area contributed by atoms with E-state index in [0.717, 1.165) is 22.7 Å². The van der Waals surface area contributed by atoms with Gasteiger partial charge in [0, 0.05) is 25.9 Å². The highest BCUT2D eigenvalue weighted by atomic mass is 32.2. The van der Waals surface area contributed by atoms with E-state index in [9.17, 15) is 13.2 Å². The van der Waals surface area contributed by atoms with Crippen LogP contribution in [0, 0.1) is 0 Å². The van der Waals surface area contributed by atoms with Gasteiger partial charge in [0.25, 0.3) is 0 Å². The zero-order valence-corrected chi connectivity index (χ0v) is 18.5. The Hall–Kier alpha value is -2.84. The fourth-order valence-electron chi connectivity index (χ4n) is 2.51. The molecule has 162 valence electrons. The van der Waals surface area contributed by atoms with E-state index >= 15 is 0 Å². The molecule has 1 amide bonds. The predicted molar refractivity (Wildman–Crippen MR) is 118 cm³/mol. The van der Waals surface area contributed by atoms with Gasteiger partial charge in [0.2, 0.25) is 15.9 Å². The lowest BCUT2D eigenvalue weighted by atomic mass is 10.2. The van der Waals surface area contributed by atoms with Crippen molar-refractivity contribution in [2.24, 2.45) is 0 Å². The molecule has 2 aromatic carbocycles. The lowest BCUT2D eigenvalue weighted by Gasteiger charge is -2.11. The van der Waals surface area contributed by atoms with Gasteiger partial charge in [0.05, 0.1) is 18.6 Å². The van der Waals surface area contributed by atoms with Crippen LogP contribution in [0.25, 0.3) is 6.08 Å². The zero-order chi connectivity index (χ0) is 22.1. The molecule has 30 heavy (non-hydrogen) atoms. The second-order valence-electron chi connectivity index (χ2n) is 6.75. The molecule has 0 saturated carbocycles. The number of nitrogens with zero attached hydrogens (tertiary/aromatic N) is 1. The first kappa shape index (κ1) is 23.4. The number of rotatable bonds is 10. The molecule has 0 aliphatic rings. The van der Waals surface area contributed by atoms with E-state index in [1.165, 1.54) is 32.3 Å². The van der Waals surface area contributed by atoms with Crippen molar-refractivity contribution >= 4 is 27.7 Å². The Kier molecular flexibility index (Phi) is 8.44. The predicted octanol–water partition coefficient (Wildman–Crippen LogP) is 3.78. The smallest absolute Gasteiger partial charge is 0.248 e.